The van der Waals surface area contributed by atoms with E-state index in [1.807, 2.05) is 6.92 Å². The molecule has 0 aromatic heterocycles. The summed E-state index contributed by atoms with van der Waals surface area (Å²) in [5.41, 5.74) is -0.0342. The van der Waals surface area contributed by atoms with Crippen molar-refractivity contribution in [3.8, 4) is 0 Å². The first-order chi connectivity index (χ1) is 8.06. The maximum absolute atomic E-state index is 13.5. The molecule has 2 rings (SSSR count). The topological polar surface area (TPSA) is 29.1 Å². The van der Waals surface area contributed by atoms with Crippen LogP contribution >= 0.6 is 12.6 Å². The molecule has 0 saturated heterocycles. The fraction of sp³-hybridized carbons (Fsp3) is 0.462. The van der Waals surface area contributed by atoms with E-state index in [1.54, 1.807) is 0 Å². The molecule has 0 bridgehead atoms. The number of halogens is 1. The number of nitrogens with one attached hydrogen (secondary N) is 1. The Kier molecular flexibility index (Phi) is 3.43. The summed E-state index contributed by atoms with van der Waals surface area (Å²) in [6.45, 7) is 2.05. The molecule has 1 fully saturated rings. The summed E-state index contributed by atoms with van der Waals surface area (Å²) in [5.74, 6) is -0.828. The number of carbonyl (C=O) groups is 1. The van der Waals surface area contributed by atoms with Gasteiger partial charge in [0.1, 0.15) is 5.82 Å². The van der Waals surface area contributed by atoms with Gasteiger partial charge in [-0.3, -0.25) is 4.79 Å². The third kappa shape index (κ3) is 2.46. The Morgan fingerprint density at radius 3 is 2.76 bits per heavy atom. The van der Waals surface area contributed by atoms with Crippen molar-refractivity contribution in [3.05, 3.63) is 29.6 Å². The Balaban J connectivity index is 2.17. The summed E-state index contributed by atoms with van der Waals surface area (Å²) in [5, 5.41) is 2.95. The Morgan fingerprint density at radius 2 is 2.24 bits per heavy atom. The van der Waals surface area contributed by atoms with Gasteiger partial charge in [-0.05, 0) is 43.9 Å². The van der Waals surface area contributed by atoms with Gasteiger partial charge in [-0.25, -0.2) is 4.39 Å². The molecule has 1 N–H and O–H groups in total. The second-order valence-corrected chi connectivity index (χ2v) is 5.12. The second kappa shape index (κ2) is 4.69. The zero-order valence-electron chi connectivity index (χ0n) is 9.79. The summed E-state index contributed by atoms with van der Waals surface area (Å²) in [7, 11) is 0. The SMILES string of the molecule is CCC1(NC(=O)c2cc(S)ccc2F)CCC1. The van der Waals surface area contributed by atoms with Crippen molar-refractivity contribution in [2.75, 3.05) is 0 Å². The van der Waals surface area contributed by atoms with Crippen LogP contribution in [0.3, 0.4) is 0 Å². The molecule has 0 unspecified atom stereocenters. The quantitative estimate of drug-likeness (QED) is 0.796. The van der Waals surface area contributed by atoms with Crippen molar-refractivity contribution < 1.29 is 9.18 Å². The zero-order valence-corrected chi connectivity index (χ0v) is 10.7. The lowest BCUT2D eigenvalue weighted by molar-refractivity contribution is 0.0816. The molecule has 1 aromatic rings. The maximum Gasteiger partial charge on any atom is 0.254 e. The van der Waals surface area contributed by atoms with E-state index >= 15 is 0 Å². The van der Waals surface area contributed by atoms with Gasteiger partial charge in [0.15, 0.2) is 0 Å². The number of carbonyl (C=O) groups excluding carboxylic acids is 1. The van der Waals surface area contributed by atoms with E-state index < -0.39 is 5.82 Å². The molecule has 92 valence electrons. The second-order valence-electron chi connectivity index (χ2n) is 4.61. The van der Waals surface area contributed by atoms with Gasteiger partial charge in [-0.1, -0.05) is 6.92 Å². The van der Waals surface area contributed by atoms with Crippen LogP contribution in [0.5, 0.6) is 0 Å². The highest BCUT2D eigenvalue weighted by molar-refractivity contribution is 7.80. The number of hydrogen-bond acceptors (Lipinski definition) is 2. The Morgan fingerprint density at radius 1 is 1.53 bits per heavy atom. The number of amides is 1. The minimum Gasteiger partial charge on any atom is -0.347 e. The first-order valence-corrected chi connectivity index (χ1v) is 6.32. The summed E-state index contributed by atoms with van der Waals surface area (Å²) in [6.07, 6.45) is 3.99. The monoisotopic (exact) mass is 253 g/mol. The smallest absolute Gasteiger partial charge is 0.254 e. The molecule has 1 aliphatic carbocycles. The number of thiol groups is 1. The molecule has 4 heteroatoms. The fourth-order valence-corrected chi connectivity index (χ4v) is 2.37. The van der Waals surface area contributed by atoms with E-state index in [0.717, 1.165) is 25.7 Å². The van der Waals surface area contributed by atoms with E-state index in [-0.39, 0.29) is 17.0 Å². The van der Waals surface area contributed by atoms with Gasteiger partial charge in [0.25, 0.3) is 5.91 Å². The van der Waals surface area contributed by atoms with Gasteiger partial charge in [-0.15, -0.1) is 12.6 Å². The normalized spacial score (nSPS) is 17.4. The Labute approximate surface area is 106 Å². The zero-order chi connectivity index (χ0) is 12.5. The minimum absolute atomic E-state index is 0.0808. The van der Waals surface area contributed by atoms with Crippen molar-refractivity contribution in [2.24, 2.45) is 0 Å². The van der Waals surface area contributed by atoms with Gasteiger partial charge >= 0.3 is 0 Å². The summed E-state index contributed by atoms with van der Waals surface area (Å²) in [4.78, 5) is 12.6. The van der Waals surface area contributed by atoms with Crippen molar-refractivity contribution in [3.63, 3.8) is 0 Å². The number of hydrogen-bond donors (Lipinski definition) is 2. The summed E-state index contributed by atoms with van der Waals surface area (Å²) in [6, 6.07) is 4.28. The van der Waals surface area contributed by atoms with Crippen molar-refractivity contribution in [2.45, 2.75) is 43.0 Å². The van der Waals surface area contributed by atoms with Crippen LogP contribution in [0, 0.1) is 5.82 Å². The molecule has 0 radical (unpaired) electrons. The Hall–Kier alpha value is -1.03. The molecular weight excluding hydrogens is 237 g/mol. The van der Waals surface area contributed by atoms with Gasteiger partial charge < -0.3 is 5.32 Å². The fourth-order valence-electron chi connectivity index (χ4n) is 2.17. The predicted octanol–water partition coefficient (Wildman–Crippen LogP) is 3.18. The van der Waals surface area contributed by atoms with Gasteiger partial charge in [0.05, 0.1) is 5.56 Å². The third-order valence-corrected chi connectivity index (χ3v) is 3.84. The van der Waals surface area contributed by atoms with Crippen LogP contribution < -0.4 is 5.32 Å². The molecule has 1 aromatic carbocycles. The van der Waals surface area contributed by atoms with Crippen molar-refractivity contribution in [1.82, 2.24) is 5.32 Å². The third-order valence-electron chi connectivity index (χ3n) is 3.56. The van der Waals surface area contributed by atoms with Crippen LogP contribution in [-0.2, 0) is 0 Å². The van der Waals surface area contributed by atoms with E-state index in [2.05, 4.69) is 17.9 Å². The number of benzene rings is 1. The lowest BCUT2D eigenvalue weighted by Gasteiger charge is -2.42. The van der Waals surface area contributed by atoms with Crippen LogP contribution in [0.2, 0.25) is 0 Å². The van der Waals surface area contributed by atoms with E-state index in [9.17, 15) is 9.18 Å². The van der Waals surface area contributed by atoms with E-state index in [0.29, 0.717) is 4.90 Å². The molecule has 0 aliphatic heterocycles. The van der Waals surface area contributed by atoms with Crippen LogP contribution in [0.1, 0.15) is 43.0 Å². The highest BCUT2D eigenvalue weighted by Crippen LogP contribution is 2.35. The molecule has 0 spiro atoms. The summed E-state index contributed by atoms with van der Waals surface area (Å²) < 4.78 is 13.5. The van der Waals surface area contributed by atoms with E-state index in [1.165, 1.54) is 18.2 Å². The predicted molar refractivity (Wildman–Crippen MR) is 68.0 cm³/mol. The Bertz CT molecular complexity index is 438. The van der Waals surface area contributed by atoms with Gasteiger partial charge in [0, 0.05) is 10.4 Å². The van der Waals surface area contributed by atoms with Crippen molar-refractivity contribution >= 4 is 18.5 Å². The van der Waals surface area contributed by atoms with Gasteiger partial charge in [0.2, 0.25) is 0 Å². The molecule has 1 saturated carbocycles. The maximum atomic E-state index is 13.5. The lowest BCUT2D eigenvalue weighted by Crippen LogP contribution is -2.53. The lowest BCUT2D eigenvalue weighted by atomic mass is 9.74. The average Bonchev–Trinajstić information content (AvgIpc) is 2.26. The van der Waals surface area contributed by atoms with Crippen LogP contribution in [0.15, 0.2) is 23.1 Å². The van der Waals surface area contributed by atoms with Crippen LogP contribution in [0.25, 0.3) is 0 Å². The first-order valence-electron chi connectivity index (χ1n) is 5.87. The largest absolute Gasteiger partial charge is 0.347 e. The molecule has 2 nitrogen and oxygen atoms in total. The van der Waals surface area contributed by atoms with Gasteiger partial charge in [-0.2, -0.15) is 0 Å². The molecule has 1 aliphatic rings. The van der Waals surface area contributed by atoms with Crippen molar-refractivity contribution in [1.29, 1.82) is 0 Å². The molecule has 17 heavy (non-hydrogen) atoms. The molecule has 0 heterocycles. The summed E-state index contributed by atoms with van der Waals surface area (Å²) >= 11 is 4.12. The van der Waals surface area contributed by atoms with Crippen LogP contribution in [0.4, 0.5) is 4.39 Å². The standard InChI is InChI=1S/C13H16FNOS/c1-2-13(6-3-7-13)15-12(16)10-8-9(17)4-5-11(10)14/h4-5,8,17H,2-3,6-7H2,1H3,(H,15,16). The highest BCUT2D eigenvalue weighted by atomic mass is 32.1. The molecule has 0 atom stereocenters. The van der Waals surface area contributed by atoms with E-state index in [4.69, 9.17) is 0 Å². The molecular formula is C13H16FNOS. The first kappa shape index (κ1) is 12.4. The highest BCUT2D eigenvalue weighted by Gasteiger charge is 2.36. The average molecular weight is 253 g/mol. The number of rotatable bonds is 3. The molecule has 1 amide bonds. The van der Waals surface area contributed by atoms with Crippen LogP contribution in [-0.4, -0.2) is 11.4 Å². The minimum atomic E-state index is -0.495.